The molecule has 0 saturated heterocycles. The van der Waals surface area contributed by atoms with Crippen molar-refractivity contribution >= 4 is 45.6 Å². The number of hydrogen-bond acceptors (Lipinski definition) is 7. The summed E-state index contributed by atoms with van der Waals surface area (Å²) >= 11 is 7.28. The van der Waals surface area contributed by atoms with Gasteiger partial charge in [0.2, 0.25) is 11.0 Å². The highest BCUT2D eigenvalue weighted by Gasteiger charge is 2.46. The van der Waals surface area contributed by atoms with Crippen LogP contribution in [0.25, 0.3) is 11.3 Å². The summed E-state index contributed by atoms with van der Waals surface area (Å²) in [6.45, 7) is 1.69. The Hall–Kier alpha value is -3.74. The van der Waals surface area contributed by atoms with E-state index in [0.717, 1.165) is 11.3 Å². The van der Waals surface area contributed by atoms with Crippen molar-refractivity contribution in [3.8, 4) is 23.1 Å². The molecule has 4 rings (SSSR count). The summed E-state index contributed by atoms with van der Waals surface area (Å²) in [4.78, 5) is 30.3. The van der Waals surface area contributed by atoms with Gasteiger partial charge in [-0.2, -0.15) is 15.4 Å². The fourth-order valence-electron chi connectivity index (χ4n) is 3.97. The Morgan fingerprint density at radius 3 is 2.50 bits per heavy atom. The molecule has 0 aliphatic carbocycles. The van der Waals surface area contributed by atoms with Crippen LogP contribution in [0.3, 0.4) is 0 Å². The molecule has 3 atom stereocenters. The number of benzene rings is 2. The van der Waals surface area contributed by atoms with Crippen LogP contribution in [0.5, 0.6) is 5.75 Å². The molecule has 2 aromatic carbocycles. The minimum Gasteiger partial charge on any atom is -0.497 e. The van der Waals surface area contributed by atoms with Gasteiger partial charge in [0.1, 0.15) is 11.7 Å². The maximum atomic E-state index is 13.5. The van der Waals surface area contributed by atoms with Gasteiger partial charge < -0.3 is 10.5 Å². The van der Waals surface area contributed by atoms with Crippen LogP contribution in [-0.4, -0.2) is 29.6 Å². The first kappa shape index (κ1) is 23.4. The average molecular weight is 494 g/mol. The van der Waals surface area contributed by atoms with Crippen molar-refractivity contribution in [3.05, 3.63) is 64.5 Å². The number of hydrogen-bond donors (Lipinski definition) is 1. The summed E-state index contributed by atoms with van der Waals surface area (Å²) in [7, 11) is 1.60. The van der Waals surface area contributed by atoms with Crippen molar-refractivity contribution in [2.24, 2.45) is 22.7 Å². The molecule has 0 saturated carbocycles. The molecule has 3 unspecified atom stereocenters. The maximum Gasteiger partial charge on any atom is 0.259 e. The Labute approximate surface area is 205 Å². The van der Waals surface area contributed by atoms with Crippen LogP contribution in [0.1, 0.15) is 18.4 Å². The molecule has 0 bridgehead atoms. The first-order valence-electron chi connectivity index (χ1n) is 10.3. The Bertz CT molecular complexity index is 1300. The highest BCUT2D eigenvalue weighted by Crippen LogP contribution is 2.40. The zero-order valence-electron chi connectivity index (χ0n) is 18.3. The lowest BCUT2D eigenvalue weighted by Crippen LogP contribution is -2.38. The fourth-order valence-corrected chi connectivity index (χ4v) is 4.88. The van der Waals surface area contributed by atoms with E-state index in [2.05, 4.69) is 10.1 Å². The van der Waals surface area contributed by atoms with Crippen molar-refractivity contribution in [2.45, 2.75) is 12.8 Å². The zero-order valence-corrected chi connectivity index (χ0v) is 19.9. The van der Waals surface area contributed by atoms with Crippen molar-refractivity contribution in [2.75, 3.05) is 12.1 Å². The van der Waals surface area contributed by atoms with Gasteiger partial charge in [0.05, 0.1) is 24.8 Å². The standard InChI is InChI=1S/C24H20ClN5O3S/c1-13-20(21(18(11-26)22(27)31)15-3-7-16(25)8-4-15)23(32)30(29-13)24-28-19(12-34-24)14-5-9-17(33-2)10-6-14/h3-10,12,18,20-21H,1-2H3,(H2,27,31). The van der Waals surface area contributed by atoms with Gasteiger partial charge in [0, 0.05) is 27.6 Å². The lowest BCUT2D eigenvalue weighted by Gasteiger charge is -2.25. The van der Waals surface area contributed by atoms with Crippen molar-refractivity contribution in [1.29, 1.82) is 5.26 Å². The van der Waals surface area contributed by atoms with E-state index < -0.39 is 23.7 Å². The number of thiazole rings is 1. The molecular formula is C24H20ClN5O3S. The number of ether oxygens (including phenoxy) is 1. The summed E-state index contributed by atoms with van der Waals surface area (Å²) in [5, 5.41) is 18.1. The van der Waals surface area contributed by atoms with E-state index >= 15 is 0 Å². The quantitative estimate of drug-likeness (QED) is 0.528. The largest absolute Gasteiger partial charge is 0.497 e. The van der Waals surface area contributed by atoms with E-state index in [4.69, 9.17) is 22.1 Å². The molecule has 0 radical (unpaired) electrons. The molecule has 1 aromatic heterocycles. The molecule has 8 nitrogen and oxygen atoms in total. The SMILES string of the molecule is COc1ccc(-c2csc(N3N=C(C)C(C(c4ccc(Cl)cc4)C(C#N)C(N)=O)C3=O)n2)cc1. The highest BCUT2D eigenvalue weighted by atomic mass is 35.5. The number of halogens is 1. The fraction of sp³-hybridized carbons (Fsp3) is 0.208. The second-order valence-corrected chi connectivity index (χ2v) is 8.97. The summed E-state index contributed by atoms with van der Waals surface area (Å²) in [5.41, 5.74) is 8.15. The summed E-state index contributed by atoms with van der Waals surface area (Å²) < 4.78 is 5.19. The number of amides is 2. The van der Waals surface area contributed by atoms with Gasteiger partial charge in [-0.3, -0.25) is 9.59 Å². The third-order valence-corrected chi connectivity index (χ3v) is 6.73. The Morgan fingerprint density at radius 1 is 1.24 bits per heavy atom. The van der Waals surface area contributed by atoms with E-state index in [1.165, 1.54) is 16.3 Å². The van der Waals surface area contributed by atoms with Crippen LogP contribution in [0.4, 0.5) is 5.13 Å². The Balaban J connectivity index is 1.67. The average Bonchev–Trinajstić information content (AvgIpc) is 3.43. The van der Waals surface area contributed by atoms with Crippen LogP contribution in [-0.2, 0) is 9.59 Å². The summed E-state index contributed by atoms with van der Waals surface area (Å²) in [6.07, 6.45) is 0. The number of rotatable bonds is 7. The summed E-state index contributed by atoms with van der Waals surface area (Å²) in [5.74, 6) is -3.36. The second-order valence-electron chi connectivity index (χ2n) is 7.70. The van der Waals surface area contributed by atoms with Gasteiger partial charge in [-0.1, -0.05) is 23.7 Å². The number of nitrogens with two attached hydrogens (primary N) is 1. The first-order valence-corrected chi connectivity index (χ1v) is 11.5. The molecule has 2 N–H and O–H groups in total. The lowest BCUT2D eigenvalue weighted by atomic mass is 9.75. The van der Waals surface area contributed by atoms with E-state index in [-0.39, 0.29) is 5.91 Å². The molecule has 172 valence electrons. The molecule has 1 aliphatic heterocycles. The van der Waals surface area contributed by atoms with E-state index in [9.17, 15) is 14.9 Å². The van der Waals surface area contributed by atoms with Gasteiger partial charge in [-0.15, -0.1) is 11.3 Å². The van der Waals surface area contributed by atoms with Crippen molar-refractivity contribution in [3.63, 3.8) is 0 Å². The third-order valence-electron chi connectivity index (χ3n) is 5.66. The van der Waals surface area contributed by atoms with Crippen LogP contribution >= 0.6 is 22.9 Å². The van der Waals surface area contributed by atoms with Gasteiger partial charge in [0.25, 0.3) is 5.91 Å². The molecule has 3 aromatic rings. The number of aromatic nitrogens is 1. The topological polar surface area (TPSA) is 122 Å². The lowest BCUT2D eigenvalue weighted by molar-refractivity contribution is -0.123. The first-order chi connectivity index (χ1) is 16.3. The van der Waals surface area contributed by atoms with Crippen LogP contribution in [0, 0.1) is 23.2 Å². The second kappa shape index (κ2) is 9.63. The molecule has 10 heteroatoms. The third kappa shape index (κ3) is 4.38. The normalized spacial score (nSPS) is 17.1. The van der Waals surface area contributed by atoms with Crippen molar-refractivity contribution < 1.29 is 14.3 Å². The molecule has 0 fully saturated rings. The van der Waals surface area contributed by atoms with Gasteiger partial charge >= 0.3 is 0 Å². The van der Waals surface area contributed by atoms with Crippen LogP contribution < -0.4 is 15.5 Å². The van der Waals surface area contributed by atoms with E-state index in [0.29, 0.717) is 27.1 Å². The summed E-state index contributed by atoms with van der Waals surface area (Å²) in [6, 6.07) is 16.0. The number of nitriles is 1. The van der Waals surface area contributed by atoms with Crippen LogP contribution in [0.15, 0.2) is 59.0 Å². The number of primary amides is 1. The number of methoxy groups -OCH3 is 1. The minimum atomic E-state index is -1.23. The predicted octanol–water partition coefficient (Wildman–Crippen LogP) is 4.22. The number of hydrazone groups is 1. The van der Waals surface area contributed by atoms with Gasteiger partial charge in [0.15, 0.2) is 0 Å². The Kier molecular flexibility index (Phi) is 6.63. The van der Waals surface area contributed by atoms with E-state index in [1.807, 2.05) is 35.7 Å². The predicted molar refractivity (Wildman–Crippen MR) is 131 cm³/mol. The highest BCUT2D eigenvalue weighted by molar-refractivity contribution is 7.14. The number of nitrogens with zero attached hydrogens (tertiary/aromatic N) is 4. The zero-order chi connectivity index (χ0) is 24.4. The van der Waals surface area contributed by atoms with Gasteiger partial charge in [-0.05, 0) is 48.9 Å². The number of carbonyl (C=O) groups excluding carboxylic acids is 2. The molecule has 34 heavy (non-hydrogen) atoms. The molecular weight excluding hydrogens is 474 g/mol. The Morgan fingerprint density at radius 2 is 1.91 bits per heavy atom. The number of carbonyl (C=O) groups is 2. The molecule has 2 heterocycles. The van der Waals surface area contributed by atoms with Crippen LogP contribution in [0.2, 0.25) is 5.02 Å². The van der Waals surface area contributed by atoms with Crippen molar-refractivity contribution in [1.82, 2.24) is 4.98 Å². The minimum absolute atomic E-state index is 0.380. The molecule has 1 aliphatic rings. The monoisotopic (exact) mass is 493 g/mol. The number of anilines is 1. The maximum absolute atomic E-state index is 13.5. The smallest absolute Gasteiger partial charge is 0.259 e. The molecule has 0 spiro atoms. The van der Waals surface area contributed by atoms with Gasteiger partial charge in [-0.25, -0.2) is 4.98 Å². The van der Waals surface area contributed by atoms with E-state index in [1.54, 1.807) is 38.3 Å². The molecule has 2 amide bonds.